The molecule has 1 heterocycles. The van der Waals surface area contributed by atoms with Gasteiger partial charge in [0.25, 0.3) is 0 Å². The molecule has 0 radical (unpaired) electrons. The Morgan fingerprint density at radius 1 is 1.40 bits per heavy atom. The second kappa shape index (κ2) is 6.88. The van der Waals surface area contributed by atoms with Crippen LogP contribution in [0, 0.1) is 0 Å². The summed E-state index contributed by atoms with van der Waals surface area (Å²) in [6.07, 6.45) is 0.416. The quantitative estimate of drug-likeness (QED) is 0.866. The van der Waals surface area contributed by atoms with Crippen LogP contribution < -0.4 is 10.5 Å². The minimum Gasteiger partial charge on any atom is -0.493 e. The normalized spacial score (nSPS) is 22.6. The Morgan fingerprint density at radius 3 is 2.75 bits per heavy atom. The summed E-state index contributed by atoms with van der Waals surface area (Å²) in [4.78, 5) is 14.1. The molecular weight excluding hydrogens is 272 g/mol. The van der Waals surface area contributed by atoms with Gasteiger partial charge in [0.1, 0.15) is 5.75 Å². The topological polar surface area (TPSA) is 55.6 Å². The van der Waals surface area contributed by atoms with Gasteiger partial charge in [0.2, 0.25) is 5.91 Å². The van der Waals surface area contributed by atoms with Gasteiger partial charge in [0.15, 0.2) is 0 Å². The van der Waals surface area contributed by atoms with Crippen molar-refractivity contribution in [3.8, 4) is 5.75 Å². The molecule has 2 unspecified atom stereocenters. The molecule has 4 nitrogen and oxygen atoms in total. The van der Waals surface area contributed by atoms with E-state index >= 15 is 0 Å². The maximum absolute atomic E-state index is 12.2. The van der Waals surface area contributed by atoms with E-state index in [1.54, 1.807) is 6.07 Å². The second-order valence-corrected chi connectivity index (χ2v) is 7.11. The van der Waals surface area contributed by atoms with Crippen molar-refractivity contribution < 1.29 is 9.53 Å². The lowest BCUT2D eigenvalue weighted by Crippen LogP contribution is -2.44. The van der Waals surface area contributed by atoms with E-state index in [0.29, 0.717) is 35.0 Å². The van der Waals surface area contributed by atoms with Gasteiger partial charge in [0, 0.05) is 35.3 Å². The van der Waals surface area contributed by atoms with E-state index in [2.05, 4.69) is 13.8 Å². The molecule has 1 saturated heterocycles. The van der Waals surface area contributed by atoms with Gasteiger partial charge < -0.3 is 15.4 Å². The van der Waals surface area contributed by atoms with Crippen LogP contribution in [0.5, 0.6) is 5.75 Å². The summed E-state index contributed by atoms with van der Waals surface area (Å²) in [7, 11) is 0. The molecule has 1 fully saturated rings. The molecule has 1 aromatic carbocycles. The van der Waals surface area contributed by atoms with E-state index < -0.39 is 0 Å². The third-order valence-corrected chi connectivity index (χ3v) is 4.44. The number of hydrogen-bond acceptors (Lipinski definition) is 4. The van der Waals surface area contributed by atoms with Crippen LogP contribution in [0.3, 0.4) is 0 Å². The van der Waals surface area contributed by atoms with E-state index in [0.717, 1.165) is 13.1 Å². The lowest BCUT2D eigenvalue weighted by molar-refractivity contribution is -0.131. The van der Waals surface area contributed by atoms with Crippen LogP contribution in [0.1, 0.15) is 20.3 Å². The van der Waals surface area contributed by atoms with E-state index in [1.165, 1.54) is 0 Å². The zero-order chi connectivity index (χ0) is 14.5. The highest BCUT2D eigenvalue weighted by molar-refractivity contribution is 8.00. The van der Waals surface area contributed by atoms with Crippen molar-refractivity contribution in [2.45, 2.75) is 30.8 Å². The van der Waals surface area contributed by atoms with Gasteiger partial charge >= 0.3 is 0 Å². The molecule has 0 bridgehead atoms. The Kier molecular flexibility index (Phi) is 5.17. The van der Waals surface area contributed by atoms with Crippen molar-refractivity contribution in [1.82, 2.24) is 4.90 Å². The first-order valence-corrected chi connectivity index (χ1v) is 7.90. The van der Waals surface area contributed by atoms with Gasteiger partial charge in [-0.25, -0.2) is 0 Å². The van der Waals surface area contributed by atoms with Gasteiger partial charge in [-0.3, -0.25) is 4.79 Å². The summed E-state index contributed by atoms with van der Waals surface area (Å²) in [5.74, 6) is 0.890. The van der Waals surface area contributed by atoms with Crippen LogP contribution in [-0.2, 0) is 4.79 Å². The molecule has 0 aromatic heterocycles. The molecule has 110 valence electrons. The van der Waals surface area contributed by atoms with Crippen molar-refractivity contribution in [2.24, 2.45) is 0 Å². The zero-order valence-electron chi connectivity index (χ0n) is 12.0. The van der Waals surface area contributed by atoms with Crippen molar-refractivity contribution in [1.29, 1.82) is 0 Å². The molecule has 0 aliphatic carbocycles. The summed E-state index contributed by atoms with van der Waals surface area (Å²) in [5, 5.41) is 1.02. The van der Waals surface area contributed by atoms with Crippen molar-refractivity contribution in [3.05, 3.63) is 24.3 Å². The number of benzene rings is 1. The maximum atomic E-state index is 12.2. The number of hydrogen-bond donors (Lipinski definition) is 1. The predicted molar refractivity (Wildman–Crippen MR) is 84.1 cm³/mol. The number of anilines is 1. The maximum Gasteiger partial charge on any atom is 0.226 e. The van der Waals surface area contributed by atoms with Crippen LogP contribution >= 0.6 is 11.8 Å². The lowest BCUT2D eigenvalue weighted by Gasteiger charge is -2.34. The van der Waals surface area contributed by atoms with Crippen LogP contribution in [0.25, 0.3) is 0 Å². The first-order chi connectivity index (χ1) is 9.54. The van der Waals surface area contributed by atoms with Gasteiger partial charge in [-0.15, -0.1) is 0 Å². The Balaban J connectivity index is 1.77. The highest BCUT2D eigenvalue weighted by atomic mass is 32.2. The summed E-state index contributed by atoms with van der Waals surface area (Å²) in [6.45, 7) is 6.42. The number of carbonyl (C=O) groups excluding carboxylic acids is 1. The number of rotatable bonds is 4. The van der Waals surface area contributed by atoms with Crippen molar-refractivity contribution in [2.75, 3.05) is 25.4 Å². The number of amides is 1. The monoisotopic (exact) mass is 294 g/mol. The zero-order valence-corrected chi connectivity index (χ0v) is 12.9. The third kappa shape index (κ3) is 4.34. The Hall–Kier alpha value is -1.36. The SMILES string of the molecule is CC1CN(C(=O)CCOc2cccc(N)c2)CC(C)S1. The largest absolute Gasteiger partial charge is 0.493 e. The molecule has 1 aliphatic heterocycles. The highest BCUT2D eigenvalue weighted by Crippen LogP contribution is 2.25. The Labute approximate surface area is 124 Å². The number of carbonyl (C=O) groups is 1. The molecule has 2 rings (SSSR count). The molecule has 1 aliphatic rings. The summed E-state index contributed by atoms with van der Waals surface area (Å²) < 4.78 is 5.57. The van der Waals surface area contributed by atoms with Gasteiger partial charge in [-0.05, 0) is 12.1 Å². The first-order valence-electron chi connectivity index (χ1n) is 6.96. The van der Waals surface area contributed by atoms with E-state index in [-0.39, 0.29) is 5.91 Å². The molecule has 20 heavy (non-hydrogen) atoms. The smallest absolute Gasteiger partial charge is 0.226 e. The number of thioether (sulfide) groups is 1. The highest BCUT2D eigenvalue weighted by Gasteiger charge is 2.25. The van der Waals surface area contributed by atoms with Crippen LogP contribution in [0.15, 0.2) is 24.3 Å². The fourth-order valence-electron chi connectivity index (χ4n) is 2.40. The van der Waals surface area contributed by atoms with E-state index in [4.69, 9.17) is 10.5 Å². The van der Waals surface area contributed by atoms with Crippen molar-refractivity contribution >= 4 is 23.4 Å². The minimum atomic E-state index is 0.174. The van der Waals surface area contributed by atoms with Gasteiger partial charge in [0.05, 0.1) is 13.0 Å². The summed E-state index contributed by atoms with van der Waals surface area (Å²) >= 11 is 1.95. The number of nitrogens with zero attached hydrogens (tertiary/aromatic N) is 1. The number of nitrogens with two attached hydrogens (primary N) is 1. The van der Waals surface area contributed by atoms with E-state index in [9.17, 15) is 4.79 Å². The van der Waals surface area contributed by atoms with Crippen LogP contribution in [0.2, 0.25) is 0 Å². The Morgan fingerprint density at radius 2 is 2.10 bits per heavy atom. The van der Waals surface area contributed by atoms with Gasteiger partial charge in [-0.1, -0.05) is 19.9 Å². The summed E-state index contributed by atoms with van der Waals surface area (Å²) in [6, 6.07) is 7.28. The minimum absolute atomic E-state index is 0.174. The molecule has 1 amide bonds. The molecular formula is C15H22N2O2S. The number of ether oxygens (including phenoxy) is 1. The fraction of sp³-hybridized carbons (Fsp3) is 0.533. The molecule has 2 atom stereocenters. The molecule has 0 spiro atoms. The standard InChI is InChI=1S/C15H22N2O2S/c1-11-9-17(10-12(2)20-11)15(18)6-7-19-14-5-3-4-13(16)8-14/h3-5,8,11-12H,6-7,9-10,16H2,1-2H3. The third-order valence-electron chi connectivity index (χ3n) is 3.22. The molecule has 2 N–H and O–H groups in total. The second-order valence-electron chi connectivity index (χ2n) is 5.23. The first kappa shape index (κ1) is 15.0. The summed E-state index contributed by atoms with van der Waals surface area (Å²) in [5.41, 5.74) is 6.35. The predicted octanol–water partition coefficient (Wildman–Crippen LogP) is 2.39. The van der Waals surface area contributed by atoms with Crippen LogP contribution in [-0.4, -0.2) is 41.0 Å². The average Bonchev–Trinajstić information content (AvgIpc) is 2.37. The fourth-order valence-corrected chi connectivity index (χ4v) is 3.73. The Bertz CT molecular complexity index is 457. The van der Waals surface area contributed by atoms with Gasteiger partial charge in [-0.2, -0.15) is 11.8 Å². The molecule has 1 aromatic rings. The average molecular weight is 294 g/mol. The number of nitrogen functional groups attached to an aromatic ring is 1. The molecule has 0 saturated carbocycles. The van der Waals surface area contributed by atoms with Crippen LogP contribution in [0.4, 0.5) is 5.69 Å². The lowest BCUT2D eigenvalue weighted by atomic mass is 10.3. The van der Waals surface area contributed by atoms with Crippen molar-refractivity contribution in [3.63, 3.8) is 0 Å². The van der Waals surface area contributed by atoms with E-state index in [1.807, 2.05) is 34.9 Å². The molecule has 5 heteroatoms.